The molecule has 5 nitrogen and oxygen atoms in total. The first-order valence-corrected chi connectivity index (χ1v) is 6.82. The van der Waals surface area contributed by atoms with Crippen molar-refractivity contribution in [3.63, 3.8) is 0 Å². The Morgan fingerprint density at radius 3 is 2.00 bits per heavy atom. The van der Waals surface area contributed by atoms with Gasteiger partial charge >= 0.3 is 0 Å². The van der Waals surface area contributed by atoms with Crippen LogP contribution in [-0.4, -0.2) is 24.7 Å². The third-order valence-corrected chi connectivity index (χ3v) is 3.19. The van der Waals surface area contributed by atoms with Crippen LogP contribution in [0, 0.1) is 15.3 Å². The molecule has 17 heavy (non-hydrogen) atoms. The molecule has 102 valence electrons. The van der Waals surface area contributed by atoms with E-state index in [-0.39, 0.29) is 0 Å². The summed E-state index contributed by atoms with van der Waals surface area (Å²) in [5, 5.41) is 14.8. The third kappa shape index (κ3) is 13.1. The highest BCUT2D eigenvalue weighted by Gasteiger charge is 2.13. The smallest absolute Gasteiger partial charge is 0.0773 e. The van der Waals surface area contributed by atoms with Crippen LogP contribution in [0.2, 0.25) is 0 Å². The highest BCUT2D eigenvalue weighted by Crippen LogP contribution is 2.03. The summed E-state index contributed by atoms with van der Waals surface area (Å²) in [5.41, 5.74) is 0. The molecule has 0 radical (unpaired) electrons. The fourth-order valence-electron chi connectivity index (χ4n) is 2.28. The number of hydrogen-bond acceptors (Lipinski definition) is 3. The van der Waals surface area contributed by atoms with Gasteiger partial charge in [-0.05, 0) is 12.8 Å². The summed E-state index contributed by atoms with van der Waals surface area (Å²) < 4.78 is 0. The van der Waals surface area contributed by atoms with Crippen molar-refractivity contribution in [1.29, 1.82) is 0 Å². The van der Waals surface area contributed by atoms with Crippen molar-refractivity contribution in [1.82, 2.24) is 0 Å². The summed E-state index contributed by atoms with van der Waals surface area (Å²) in [6, 6.07) is 0. The van der Waals surface area contributed by atoms with Gasteiger partial charge in [0.1, 0.15) is 0 Å². The molecular weight excluding hydrogens is 220 g/mol. The lowest BCUT2D eigenvalue weighted by Gasteiger charge is -2.11. The monoisotopic (exact) mass is 246 g/mol. The van der Waals surface area contributed by atoms with Gasteiger partial charge in [-0.3, -0.25) is 0 Å². The van der Waals surface area contributed by atoms with Crippen molar-refractivity contribution in [2.24, 2.45) is 0 Å². The second kappa shape index (κ2) is 11.6. The summed E-state index contributed by atoms with van der Waals surface area (Å²) in [6.07, 6.45) is 11.7. The molecule has 0 aromatic heterocycles. The van der Waals surface area contributed by atoms with E-state index in [1.54, 1.807) is 0 Å². The Kier molecular flexibility index (Phi) is 11.1. The van der Waals surface area contributed by atoms with Gasteiger partial charge in [0.05, 0.1) is 24.7 Å². The van der Waals surface area contributed by atoms with E-state index in [2.05, 4.69) is 6.92 Å². The lowest BCUT2D eigenvalue weighted by atomic mass is 10.1. The summed E-state index contributed by atoms with van der Waals surface area (Å²) in [6.45, 7) is 6.64. The van der Waals surface area contributed by atoms with Gasteiger partial charge in [-0.25, -0.2) is 0 Å². The maximum Gasteiger partial charge on any atom is 0.0773 e. The largest absolute Gasteiger partial charge is 0.356 e. The van der Waals surface area contributed by atoms with Crippen LogP contribution < -0.4 is 4.90 Å². The second-order valence-electron chi connectivity index (χ2n) is 4.70. The molecule has 1 N–H and O–H groups in total. The predicted octanol–water partition coefficient (Wildman–Crippen LogP) is 1.79. The first-order valence-electron chi connectivity index (χ1n) is 6.82. The van der Waals surface area contributed by atoms with E-state index in [0.29, 0.717) is 0 Å². The first-order chi connectivity index (χ1) is 8.16. The number of quaternary nitrogens is 1. The minimum Gasteiger partial charge on any atom is -0.356 e. The van der Waals surface area contributed by atoms with Crippen molar-refractivity contribution in [2.45, 2.75) is 58.3 Å². The zero-order valence-electron chi connectivity index (χ0n) is 11.0. The van der Waals surface area contributed by atoms with E-state index < -0.39 is 5.09 Å². The molecule has 1 heterocycles. The molecule has 1 rings (SSSR count). The molecule has 0 aromatic carbocycles. The van der Waals surface area contributed by atoms with Gasteiger partial charge in [0.25, 0.3) is 0 Å². The number of hydrogen-bond donors (Lipinski definition) is 1. The van der Waals surface area contributed by atoms with Gasteiger partial charge in [0.15, 0.2) is 0 Å². The number of likely N-dealkylation sites (tertiary alicyclic amines) is 1. The topological polar surface area (TPSA) is 70.6 Å². The number of nitrogens with zero attached hydrogens (tertiary/aromatic N) is 1. The molecule has 0 spiro atoms. The fourth-order valence-corrected chi connectivity index (χ4v) is 2.28. The van der Waals surface area contributed by atoms with Gasteiger partial charge in [-0.2, -0.15) is 0 Å². The van der Waals surface area contributed by atoms with E-state index in [0.717, 1.165) is 0 Å². The van der Waals surface area contributed by atoms with E-state index in [4.69, 9.17) is 15.3 Å². The Balaban J connectivity index is 0.000000557. The summed E-state index contributed by atoms with van der Waals surface area (Å²) in [5.74, 6) is 0. The maximum absolute atomic E-state index is 8.25. The highest BCUT2D eigenvalue weighted by atomic mass is 16.9. The van der Waals surface area contributed by atoms with Crippen LogP contribution in [0.25, 0.3) is 0 Å². The quantitative estimate of drug-likeness (QED) is 0.423. The Morgan fingerprint density at radius 2 is 1.47 bits per heavy atom. The van der Waals surface area contributed by atoms with Crippen LogP contribution >= 0.6 is 0 Å². The van der Waals surface area contributed by atoms with E-state index in [9.17, 15) is 0 Å². The average molecular weight is 246 g/mol. The molecule has 0 unspecified atom stereocenters. The summed E-state index contributed by atoms with van der Waals surface area (Å²) in [7, 11) is 0. The van der Waals surface area contributed by atoms with Crippen molar-refractivity contribution in [2.75, 3.05) is 19.6 Å². The molecular formula is C12H26N2O3. The minimum atomic E-state index is -1.75. The molecule has 0 aliphatic carbocycles. The molecule has 1 fully saturated rings. The fraction of sp³-hybridized carbons (Fsp3) is 1.00. The van der Waals surface area contributed by atoms with Gasteiger partial charge in [-0.15, -0.1) is 0 Å². The van der Waals surface area contributed by atoms with Gasteiger partial charge in [0, 0.05) is 12.8 Å². The molecule has 0 amide bonds. The molecule has 0 bridgehead atoms. The Bertz CT molecular complexity index is 179. The Morgan fingerprint density at radius 1 is 1.00 bits per heavy atom. The minimum absolute atomic E-state index is 1.37. The van der Waals surface area contributed by atoms with Crippen LogP contribution in [0.15, 0.2) is 0 Å². The second-order valence-corrected chi connectivity index (χ2v) is 4.70. The standard InChI is InChI=1S/C12H25N.NO3/c1-2-3-4-5-6-7-10-13-11-8-9-12-13;2-1(3)4/h2-12H2,1H3;/q;-1/p+1. The lowest BCUT2D eigenvalue weighted by Crippen LogP contribution is -3.09. The Hall–Kier alpha value is -0.840. The van der Waals surface area contributed by atoms with Crippen LogP contribution in [0.3, 0.4) is 0 Å². The van der Waals surface area contributed by atoms with Crippen LogP contribution in [0.1, 0.15) is 58.3 Å². The molecule has 0 saturated carbocycles. The summed E-state index contributed by atoms with van der Waals surface area (Å²) >= 11 is 0. The number of unbranched alkanes of at least 4 members (excludes halogenated alkanes) is 5. The van der Waals surface area contributed by atoms with Crippen molar-refractivity contribution >= 4 is 0 Å². The average Bonchev–Trinajstić information content (AvgIpc) is 2.75. The van der Waals surface area contributed by atoms with Crippen molar-refractivity contribution in [3.05, 3.63) is 15.3 Å². The maximum atomic E-state index is 8.25. The van der Waals surface area contributed by atoms with Gasteiger partial charge in [0.2, 0.25) is 0 Å². The molecule has 0 aromatic rings. The predicted molar refractivity (Wildman–Crippen MR) is 68.5 cm³/mol. The zero-order chi connectivity index (χ0) is 12.9. The lowest BCUT2D eigenvalue weighted by molar-refractivity contribution is -0.887. The SMILES string of the molecule is CCCCCCCC[NH+]1CCCC1.O=[N+]([O-])[O-]. The molecule has 5 heteroatoms. The van der Waals surface area contributed by atoms with Crippen molar-refractivity contribution in [3.8, 4) is 0 Å². The molecule has 1 saturated heterocycles. The Labute approximate surface area is 104 Å². The van der Waals surface area contributed by atoms with E-state index in [1.807, 2.05) is 4.90 Å². The number of rotatable bonds is 7. The molecule has 1 aliphatic heterocycles. The third-order valence-electron chi connectivity index (χ3n) is 3.19. The number of nitrogens with one attached hydrogen (secondary N) is 1. The van der Waals surface area contributed by atoms with Gasteiger partial charge in [-0.1, -0.05) is 32.6 Å². The van der Waals surface area contributed by atoms with Crippen LogP contribution in [-0.2, 0) is 0 Å². The normalized spacial score (nSPS) is 15.4. The molecule has 1 aliphatic rings. The van der Waals surface area contributed by atoms with Crippen LogP contribution in [0.4, 0.5) is 0 Å². The van der Waals surface area contributed by atoms with E-state index in [1.165, 1.54) is 71.0 Å². The molecule has 0 atom stereocenters. The van der Waals surface area contributed by atoms with E-state index >= 15 is 0 Å². The summed E-state index contributed by atoms with van der Waals surface area (Å²) in [4.78, 5) is 10.1. The highest BCUT2D eigenvalue weighted by molar-refractivity contribution is 4.47. The van der Waals surface area contributed by atoms with Crippen molar-refractivity contribution < 1.29 is 9.99 Å². The first kappa shape index (κ1) is 16.2. The van der Waals surface area contributed by atoms with Crippen LogP contribution in [0.5, 0.6) is 0 Å². The van der Waals surface area contributed by atoms with Gasteiger partial charge < -0.3 is 20.2 Å². The zero-order valence-corrected chi connectivity index (χ0v) is 11.0.